The quantitative estimate of drug-likeness (QED) is 0.283. The average molecular weight is 448 g/mol. The molecule has 6 nitrogen and oxygen atoms in total. The van der Waals surface area contributed by atoms with Crippen molar-refractivity contribution in [3.8, 4) is 16.9 Å². The summed E-state index contributed by atoms with van der Waals surface area (Å²) >= 11 is 5.11. The summed E-state index contributed by atoms with van der Waals surface area (Å²) in [6.45, 7) is 2.68. The highest BCUT2D eigenvalue weighted by molar-refractivity contribution is 7.80. The van der Waals surface area contributed by atoms with Gasteiger partial charge >= 0.3 is 0 Å². The predicted molar refractivity (Wildman–Crippen MR) is 129 cm³/mol. The minimum atomic E-state index is -0.398. The first kappa shape index (κ1) is 23.0. The van der Waals surface area contributed by atoms with Gasteiger partial charge in [0.1, 0.15) is 5.75 Å². The monoisotopic (exact) mass is 447 g/mol. The molecule has 32 heavy (non-hydrogen) atoms. The van der Waals surface area contributed by atoms with E-state index in [0.717, 1.165) is 24.0 Å². The molecule has 0 atom stereocenters. The van der Waals surface area contributed by atoms with E-state index in [-0.39, 0.29) is 11.0 Å². The van der Waals surface area contributed by atoms with Gasteiger partial charge in [-0.15, -0.1) is 0 Å². The molecule has 0 saturated heterocycles. The summed E-state index contributed by atoms with van der Waals surface area (Å²) in [5.74, 6) is -0.144. The molecule has 0 spiro atoms. The molecule has 3 N–H and O–H groups in total. The largest absolute Gasteiger partial charge is 0.494 e. The zero-order valence-corrected chi connectivity index (χ0v) is 18.6. The molecular formula is C25H25N3O3S. The summed E-state index contributed by atoms with van der Waals surface area (Å²) in [6.07, 6.45) is 1.97. The smallest absolute Gasteiger partial charge is 0.269 e. The van der Waals surface area contributed by atoms with E-state index in [2.05, 4.69) is 23.1 Å². The zero-order valence-electron chi connectivity index (χ0n) is 17.8. The Kier molecular flexibility index (Phi) is 8.34. The highest BCUT2D eigenvalue weighted by Gasteiger charge is 2.11. The first-order chi connectivity index (χ1) is 15.6. The lowest BCUT2D eigenvalue weighted by Crippen LogP contribution is -2.48. The van der Waals surface area contributed by atoms with E-state index in [9.17, 15) is 9.59 Å². The third-order valence-electron chi connectivity index (χ3n) is 4.63. The van der Waals surface area contributed by atoms with Crippen molar-refractivity contribution >= 4 is 29.1 Å². The number of nitrogens with one attached hydrogen (secondary N) is 3. The standard InChI is InChI=1S/C25H25N3O3S/c1-2-3-16-31-22-11-7-10-21(17-22)23(29)26-25(32)28-27-24(30)20-14-12-19(13-15-20)18-8-5-4-6-9-18/h4-15,17H,2-3,16H2,1H3,(H,27,30)(H2,26,28,29,32). The Morgan fingerprint density at radius 3 is 2.25 bits per heavy atom. The van der Waals surface area contributed by atoms with Crippen LogP contribution in [0.1, 0.15) is 40.5 Å². The minimum Gasteiger partial charge on any atom is -0.494 e. The van der Waals surface area contributed by atoms with Crippen LogP contribution >= 0.6 is 12.2 Å². The van der Waals surface area contributed by atoms with Crippen LogP contribution in [0.5, 0.6) is 5.75 Å². The highest BCUT2D eigenvalue weighted by Crippen LogP contribution is 2.19. The Labute approximate surface area is 193 Å². The SMILES string of the molecule is CCCCOc1cccc(C(=O)NC(=S)NNC(=O)c2ccc(-c3ccccc3)cc2)c1. The summed E-state index contributed by atoms with van der Waals surface area (Å²) in [5.41, 5.74) is 8.00. The van der Waals surface area contributed by atoms with E-state index in [4.69, 9.17) is 17.0 Å². The topological polar surface area (TPSA) is 79.5 Å². The van der Waals surface area contributed by atoms with Crippen LogP contribution in [-0.4, -0.2) is 23.5 Å². The molecule has 164 valence electrons. The van der Waals surface area contributed by atoms with Gasteiger partial charge in [-0.05, 0) is 60.1 Å². The van der Waals surface area contributed by atoms with Crippen LogP contribution < -0.4 is 20.9 Å². The van der Waals surface area contributed by atoms with Crippen molar-refractivity contribution in [3.63, 3.8) is 0 Å². The number of amides is 2. The van der Waals surface area contributed by atoms with Crippen LogP contribution in [0.15, 0.2) is 78.9 Å². The lowest BCUT2D eigenvalue weighted by molar-refractivity contribution is 0.0934. The molecule has 3 rings (SSSR count). The molecule has 7 heteroatoms. The van der Waals surface area contributed by atoms with Gasteiger partial charge in [-0.3, -0.25) is 25.8 Å². The van der Waals surface area contributed by atoms with Crippen molar-refractivity contribution in [1.82, 2.24) is 16.2 Å². The molecular weight excluding hydrogens is 422 g/mol. The van der Waals surface area contributed by atoms with Gasteiger partial charge in [-0.25, -0.2) is 0 Å². The maximum Gasteiger partial charge on any atom is 0.269 e. The molecule has 0 aliphatic heterocycles. The number of benzene rings is 3. The molecule has 0 saturated carbocycles. The Morgan fingerprint density at radius 2 is 1.53 bits per heavy atom. The Morgan fingerprint density at radius 1 is 0.812 bits per heavy atom. The predicted octanol–water partition coefficient (Wildman–Crippen LogP) is 4.48. The van der Waals surface area contributed by atoms with E-state index in [0.29, 0.717) is 23.5 Å². The van der Waals surface area contributed by atoms with Gasteiger partial charge in [0.25, 0.3) is 11.8 Å². The summed E-state index contributed by atoms with van der Waals surface area (Å²) in [4.78, 5) is 24.8. The van der Waals surface area contributed by atoms with Gasteiger partial charge in [0, 0.05) is 11.1 Å². The molecule has 3 aromatic rings. The van der Waals surface area contributed by atoms with Crippen LogP contribution in [0.4, 0.5) is 0 Å². The second-order valence-corrected chi connectivity index (χ2v) is 7.44. The van der Waals surface area contributed by atoms with E-state index < -0.39 is 5.91 Å². The number of hydrogen-bond donors (Lipinski definition) is 3. The van der Waals surface area contributed by atoms with Gasteiger partial charge in [-0.2, -0.15) is 0 Å². The molecule has 0 radical (unpaired) electrons. The van der Waals surface area contributed by atoms with Crippen molar-refractivity contribution in [2.24, 2.45) is 0 Å². The van der Waals surface area contributed by atoms with E-state index in [1.807, 2.05) is 42.5 Å². The molecule has 0 fully saturated rings. The van der Waals surface area contributed by atoms with Crippen molar-refractivity contribution in [2.75, 3.05) is 6.61 Å². The highest BCUT2D eigenvalue weighted by atomic mass is 32.1. The van der Waals surface area contributed by atoms with Gasteiger partial charge in [0.05, 0.1) is 6.61 Å². The number of unbranched alkanes of at least 4 members (excludes halogenated alkanes) is 1. The van der Waals surface area contributed by atoms with Gasteiger partial charge < -0.3 is 4.74 Å². The molecule has 0 aromatic heterocycles. The Balaban J connectivity index is 1.49. The maximum absolute atomic E-state index is 12.4. The fraction of sp³-hybridized carbons (Fsp3) is 0.160. The van der Waals surface area contributed by atoms with Crippen LogP contribution in [0.3, 0.4) is 0 Å². The molecule has 0 bridgehead atoms. The second kappa shape index (κ2) is 11.6. The zero-order chi connectivity index (χ0) is 22.8. The normalized spacial score (nSPS) is 10.2. The van der Waals surface area contributed by atoms with Crippen molar-refractivity contribution in [1.29, 1.82) is 0 Å². The van der Waals surface area contributed by atoms with Crippen molar-refractivity contribution < 1.29 is 14.3 Å². The van der Waals surface area contributed by atoms with Crippen LogP contribution in [-0.2, 0) is 0 Å². The lowest BCUT2D eigenvalue weighted by Gasteiger charge is -2.12. The maximum atomic E-state index is 12.4. The van der Waals surface area contributed by atoms with Gasteiger partial charge in [0.15, 0.2) is 5.11 Å². The van der Waals surface area contributed by atoms with E-state index >= 15 is 0 Å². The van der Waals surface area contributed by atoms with Crippen LogP contribution in [0.25, 0.3) is 11.1 Å². The molecule has 0 aliphatic carbocycles. The molecule has 3 aromatic carbocycles. The number of ether oxygens (including phenoxy) is 1. The first-order valence-corrected chi connectivity index (χ1v) is 10.8. The third kappa shape index (κ3) is 6.65. The van der Waals surface area contributed by atoms with Crippen molar-refractivity contribution in [3.05, 3.63) is 90.0 Å². The molecule has 0 heterocycles. The van der Waals surface area contributed by atoms with E-state index in [1.165, 1.54) is 0 Å². The summed E-state index contributed by atoms with van der Waals surface area (Å²) < 4.78 is 5.62. The fourth-order valence-corrected chi connectivity index (χ4v) is 3.04. The third-order valence-corrected chi connectivity index (χ3v) is 4.84. The molecule has 0 unspecified atom stereocenters. The average Bonchev–Trinajstić information content (AvgIpc) is 2.83. The van der Waals surface area contributed by atoms with Crippen molar-refractivity contribution in [2.45, 2.75) is 19.8 Å². The van der Waals surface area contributed by atoms with Gasteiger partial charge in [-0.1, -0.05) is 61.9 Å². The minimum absolute atomic E-state index is 0.0124. The number of carbonyl (C=O) groups is 2. The van der Waals surface area contributed by atoms with Crippen LogP contribution in [0.2, 0.25) is 0 Å². The number of hydrogen-bond acceptors (Lipinski definition) is 4. The lowest BCUT2D eigenvalue weighted by atomic mass is 10.0. The number of carbonyl (C=O) groups excluding carboxylic acids is 2. The Bertz CT molecular complexity index is 1070. The number of thiocarbonyl (C=S) groups is 1. The van der Waals surface area contributed by atoms with E-state index in [1.54, 1.807) is 36.4 Å². The number of hydrazine groups is 1. The van der Waals surface area contributed by atoms with Gasteiger partial charge in [0.2, 0.25) is 0 Å². The second-order valence-electron chi connectivity index (χ2n) is 7.04. The summed E-state index contributed by atoms with van der Waals surface area (Å²) in [6, 6.07) is 24.0. The first-order valence-electron chi connectivity index (χ1n) is 10.4. The number of rotatable bonds is 7. The Hall–Kier alpha value is -3.71. The molecule has 0 aliphatic rings. The summed E-state index contributed by atoms with van der Waals surface area (Å²) in [5, 5.41) is 2.53. The van der Waals surface area contributed by atoms with Crippen LogP contribution in [0, 0.1) is 0 Å². The molecule has 2 amide bonds. The summed E-state index contributed by atoms with van der Waals surface area (Å²) in [7, 11) is 0. The fourth-order valence-electron chi connectivity index (χ4n) is 2.90.